The maximum Gasteiger partial charge on any atom is 0.307 e. The third-order valence-electron chi connectivity index (χ3n) is 5.26. The molecule has 1 aliphatic carbocycles. The largest absolute Gasteiger partial charge is 0.469 e. The Labute approximate surface area is 174 Å². The van der Waals surface area contributed by atoms with E-state index in [-0.39, 0.29) is 42.7 Å². The van der Waals surface area contributed by atoms with Gasteiger partial charge in [0.15, 0.2) is 0 Å². The van der Waals surface area contributed by atoms with Crippen molar-refractivity contribution in [3.63, 3.8) is 0 Å². The van der Waals surface area contributed by atoms with Crippen LogP contribution in [0.25, 0.3) is 10.2 Å². The molecule has 0 N–H and O–H groups in total. The Morgan fingerprint density at radius 3 is 2.76 bits per heavy atom. The van der Waals surface area contributed by atoms with Crippen LogP contribution in [0, 0.1) is 5.92 Å². The van der Waals surface area contributed by atoms with Crippen LogP contribution in [0.2, 0.25) is 0 Å². The van der Waals surface area contributed by atoms with Crippen LogP contribution in [-0.4, -0.2) is 46.5 Å². The summed E-state index contributed by atoms with van der Waals surface area (Å²) in [5.74, 6) is -0.115. The molecular weight excluding hydrogens is 390 g/mol. The maximum absolute atomic E-state index is 13.0. The van der Waals surface area contributed by atoms with Gasteiger partial charge in [-0.1, -0.05) is 13.8 Å². The molecule has 0 radical (unpaired) electrons. The van der Waals surface area contributed by atoms with Crippen molar-refractivity contribution >= 4 is 33.4 Å². The molecule has 0 atom stereocenters. The topological polar surface area (TPSA) is 81.5 Å². The normalized spacial score (nSPS) is 13.5. The average Bonchev–Trinajstić information content (AvgIpc) is 3.09. The zero-order chi connectivity index (χ0) is 21.0. The van der Waals surface area contributed by atoms with E-state index in [9.17, 15) is 14.4 Å². The molecule has 2 heterocycles. The highest BCUT2D eigenvalue weighted by Crippen LogP contribution is 2.33. The molecule has 1 amide bonds. The van der Waals surface area contributed by atoms with Gasteiger partial charge in [-0.05, 0) is 37.2 Å². The van der Waals surface area contributed by atoms with Gasteiger partial charge in [0.05, 0.1) is 25.2 Å². The SMILES string of the molecule is COC(=O)CCN(CC(C)C)C(=O)CCn1cnc2sc3c(c2c1=O)CCCC3. The van der Waals surface area contributed by atoms with Gasteiger partial charge in [-0.3, -0.25) is 19.0 Å². The van der Waals surface area contributed by atoms with Crippen LogP contribution in [0.3, 0.4) is 0 Å². The minimum Gasteiger partial charge on any atom is -0.469 e. The number of amides is 1. The molecule has 0 unspecified atom stereocenters. The first kappa shape index (κ1) is 21.5. The van der Waals surface area contributed by atoms with Crippen LogP contribution >= 0.6 is 11.3 Å². The molecular formula is C21H29N3O4S. The molecule has 0 fully saturated rings. The van der Waals surface area contributed by atoms with Gasteiger partial charge in [-0.15, -0.1) is 11.3 Å². The summed E-state index contributed by atoms with van der Waals surface area (Å²) in [6.45, 7) is 5.24. The summed E-state index contributed by atoms with van der Waals surface area (Å²) in [4.78, 5) is 45.5. The third kappa shape index (κ3) is 5.04. The molecule has 0 saturated carbocycles. The standard InChI is InChI=1S/C21H29N3O4S/c1-14(2)12-23(11-9-18(26)28-3)17(25)8-10-24-13-22-20-19(21(24)27)15-6-4-5-7-16(15)29-20/h13-14H,4-12H2,1-3H3. The smallest absolute Gasteiger partial charge is 0.307 e. The van der Waals surface area contributed by atoms with E-state index >= 15 is 0 Å². The molecule has 0 aromatic carbocycles. The summed E-state index contributed by atoms with van der Waals surface area (Å²) in [5, 5.41) is 0.740. The Morgan fingerprint density at radius 2 is 2.03 bits per heavy atom. The van der Waals surface area contributed by atoms with Gasteiger partial charge in [0.25, 0.3) is 5.56 Å². The number of thiophene rings is 1. The molecule has 2 aromatic rings. The number of carbonyl (C=O) groups is 2. The van der Waals surface area contributed by atoms with Gasteiger partial charge < -0.3 is 9.64 Å². The molecule has 0 aliphatic heterocycles. The van der Waals surface area contributed by atoms with Crippen LogP contribution in [-0.2, 0) is 33.7 Å². The van der Waals surface area contributed by atoms with Gasteiger partial charge >= 0.3 is 5.97 Å². The van der Waals surface area contributed by atoms with Gasteiger partial charge in [0, 0.05) is 30.9 Å². The van der Waals surface area contributed by atoms with Crippen LogP contribution < -0.4 is 5.56 Å². The first-order valence-corrected chi connectivity index (χ1v) is 11.1. The highest BCUT2D eigenvalue weighted by atomic mass is 32.1. The summed E-state index contributed by atoms with van der Waals surface area (Å²) in [7, 11) is 1.34. The van der Waals surface area contributed by atoms with Gasteiger partial charge in [-0.25, -0.2) is 4.98 Å². The summed E-state index contributed by atoms with van der Waals surface area (Å²) >= 11 is 1.63. The maximum atomic E-state index is 13.0. The lowest BCUT2D eigenvalue weighted by Gasteiger charge is -2.24. The number of rotatable bonds is 8. The van der Waals surface area contributed by atoms with Crippen LogP contribution in [0.4, 0.5) is 0 Å². The van der Waals surface area contributed by atoms with Crippen LogP contribution in [0.1, 0.15) is 50.0 Å². The monoisotopic (exact) mass is 419 g/mol. The average molecular weight is 420 g/mol. The minimum atomic E-state index is -0.334. The van der Waals surface area contributed by atoms with Gasteiger partial charge in [-0.2, -0.15) is 0 Å². The van der Waals surface area contributed by atoms with E-state index < -0.39 is 0 Å². The summed E-state index contributed by atoms with van der Waals surface area (Å²) < 4.78 is 6.23. The molecule has 0 saturated heterocycles. The summed E-state index contributed by atoms with van der Waals surface area (Å²) in [5.41, 5.74) is 1.11. The lowest BCUT2D eigenvalue weighted by Crippen LogP contribution is -2.37. The van der Waals surface area contributed by atoms with E-state index in [1.807, 2.05) is 13.8 Å². The van der Waals surface area contributed by atoms with Crippen LogP contribution in [0.15, 0.2) is 11.1 Å². The number of ether oxygens (including phenoxy) is 1. The lowest BCUT2D eigenvalue weighted by molar-refractivity contribution is -0.142. The third-order valence-corrected chi connectivity index (χ3v) is 6.46. The molecule has 0 bridgehead atoms. The fourth-order valence-electron chi connectivity index (χ4n) is 3.80. The Balaban J connectivity index is 1.72. The predicted molar refractivity (Wildman–Crippen MR) is 113 cm³/mol. The van der Waals surface area contributed by atoms with Crippen molar-refractivity contribution in [3.05, 3.63) is 27.1 Å². The highest BCUT2D eigenvalue weighted by Gasteiger charge is 2.21. The van der Waals surface area contributed by atoms with Gasteiger partial charge in [0.2, 0.25) is 5.91 Å². The minimum absolute atomic E-state index is 0.0489. The lowest BCUT2D eigenvalue weighted by atomic mass is 9.97. The molecule has 2 aromatic heterocycles. The molecule has 1 aliphatic rings. The number of methoxy groups -OCH3 is 1. The number of aromatic nitrogens is 2. The Morgan fingerprint density at radius 1 is 1.28 bits per heavy atom. The molecule has 0 spiro atoms. The van der Waals surface area contributed by atoms with Crippen LogP contribution in [0.5, 0.6) is 0 Å². The zero-order valence-corrected chi connectivity index (χ0v) is 18.2. The number of fused-ring (bicyclic) bond motifs is 3. The van der Waals surface area contributed by atoms with Crippen molar-refractivity contribution in [1.29, 1.82) is 0 Å². The molecule has 7 nitrogen and oxygen atoms in total. The van der Waals surface area contributed by atoms with Crippen molar-refractivity contribution in [2.75, 3.05) is 20.2 Å². The summed E-state index contributed by atoms with van der Waals surface area (Å²) in [6, 6.07) is 0. The van der Waals surface area contributed by atoms with Crippen molar-refractivity contribution < 1.29 is 14.3 Å². The van der Waals surface area contributed by atoms with E-state index in [1.165, 1.54) is 18.4 Å². The van der Waals surface area contributed by atoms with Crippen molar-refractivity contribution in [1.82, 2.24) is 14.5 Å². The fourth-order valence-corrected chi connectivity index (χ4v) is 5.02. The number of hydrogen-bond donors (Lipinski definition) is 0. The second kappa shape index (κ2) is 9.52. The van der Waals surface area contributed by atoms with E-state index in [4.69, 9.17) is 0 Å². The first-order chi connectivity index (χ1) is 13.9. The van der Waals surface area contributed by atoms with E-state index in [1.54, 1.807) is 27.1 Å². The highest BCUT2D eigenvalue weighted by molar-refractivity contribution is 7.18. The fraction of sp³-hybridized carbons (Fsp3) is 0.619. The molecule has 8 heteroatoms. The number of aryl methyl sites for hydroxylation is 3. The van der Waals surface area contributed by atoms with E-state index in [0.717, 1.165) is 35.0 Å². The Bertz CT molecular complexity index is 947. The second-order valence-corrected chi connectivity index (χ2v) is 9.03. The number of nitrogens with zero attached hydrogens (tertiary/aromatic N) is 3. The van der Waals surface area contributed by atoms with Crippen molar-refractivity contribution in [3.8, 4) is 0 Å². The Kier molecular flexibility index (Phi) is 7.05. The molecule has 158 valence electrons. The first-order valence-electron chi connectivity index (χ1n) is 10.2. The van der Waals surface area contributed by atoms with Crippen molar-refractivity contribution in [2.45, 2.75) is 58.9 Å². The number of carbonyl (C=O) groups excluding carboxylic acids is 2. The molecule has 29 heavy (non-hydrogen) atoms. The second-order valence-electron chi connectivity index (χ2n) is 7.94. The predicted octanol–water partition coefficient (Wildman–Crippen LogP) is 2.77. The summed E-state index contributed by atoms with van der Waals surface area (Å²) in [6.07, 6.45) is 6.16. The quantitative estimate of drug-likeness (QED) is 0.615. The van der Waals surface area contributed by atoms with Crippen molar-refractivity contribution in [2.24, 2.45) is 5.92 Å². The number of hydrogen-bond acceptors (Lipinski definition) is 6. The number of esters is 1. The zero-order valence-electron chi connectivity index (χ0n) is 17.4. The van der Waals surface area contributed by atoms with E-state index in [2.05, 4.69) is 9.72 Å². The molecule has 3 rings (SSSR count). The van der Waals surface area contributed by atoms with E-state index in [0.29, 0.717) is 13.1 Å². The van der Waals surface area contributed by atoms with Gasteiger partial charge in [0.1, 0.15) is 4.83 Å². The Hall–Kier alpha value is -2.22.